The third-order valence-corrected chi connectivity index (χ3v) is 5.50. The molecule has 0 fully saturated rings. The first-order valence-electron chi connectivity index (χ1n) is 9.09. The van der Waals surface area contributed by atoms with Gasteiger partial charge in [-0.3, -0.25) is 4.79 Å². The van der Waals surface area contributed by atoms with Gasteiger partial charge in [-0.05, 0) is 47.3 Å². The highest BCUT2D eigenvalue weighted by atomic mass is 32.1. The largest absolute Gasteiger partial charge is 0.361 e. The summed E-state index contributed by atoms with van der Waals surface area (Å²) in [6.45, 7) is 0. The molecule has 0 saturated carbocycles. The zero-order valence-corrected chi connectivity index (χ0v) is 16.1. The normalized spacial score (nSPS) is 11.0. The number of carbonyl (C=O) groups is 1. The van der Waals surface area contributed by atoms with Crippen molar-refractivity contribution in [2.75, 3.05) is 5.32 Å². The van der Waals surface area contributed by atoms with Crippen molar-refractivity contribution in [3.63, 3.8) is 0 Å². The number of H-pyrrole nitrogens is 1. The van der Waals surface area contributed by atoms with E-state index in [-0.39, 0.29) is 5.91 Å². The molecule has 0 bridgehead atoms. The van der Waals surface area contributed by atoms with E-state index in [0.29, 0.717) is 23.7 Å². The van der Waals surface area contributed by atoms with Gasteiger partial charge in [0.05, 0.1) is 11.3 Å². The molecule has 0 unspecified atom stereocenters. The summed E-state index contributed by atoms with van der Waals surface area (Å²) in [5.41, 5.74) is 3.23. The Morgan fingerprint density at radius 1 is 1.10 bits per heavy atom. The number of nitrogens with one attached hydrogen (secondary N) is 2. The van der Waals surface area contributed by atoms with Crippen molar-refractivity contribution in [3.05, 3.63) is 89.3 Å². The van der Waals surface area contributed by atoms with Crippen LogP contribution in [0.25, 0.3) is 21.6 Å². The van der Waals surface area contributed by atoms with Gasteiger partial charge in [-0.2, -0.15) is 4.98 Å². The minimum absolute atomic E-state index is 0.162. The van der Waals surface area contributed by atoms with E-state index < -0.39 is 0 Å². The molecule has 2 aromatic carbocycles. The average Bonchev–Trinajstić information content (AvgIpc) is 3.50. The highest BCUT2D eigenvalue weighted by Gasteiger charge is 2.14. The average molecular weight is 400 g/mol. The number of rotatable bonds is 5. The summed E-state index contributed by atoms with van der Waals surface area (Å²) in [7, 11) is 0. The fourth-order valence-electron chi connectivity index (χ4n) is 3.18. The fraction of sp³-hybridized carbons (Fsp3) is 0.0455. The van der Waals surface area contributed by atoms with Crippen LogP contribution in [0.3, 0.4) is 0 Å². The van der Waals surface area contributed by atoms with E-state index in [0.717, 1.165) is 27.0 Å². The second-order valence-electron chi connectivity index (χ2n) is 6.56. The molecular weight excluding hydrogens is 384 g/mol. The number of amides is 1. The van der Waals surface area contributed by atoms with Gasteiger partial charge in [0.2, 0.25) is 11.7 Å². The molecule has 0 saturated heterocycles. The summed E-state index contributed by atoms with van der Waals surface area (Å²) in [5, 5.41) is 10.0. The quantitative estimate of drug-likeness (QED) is 0.429. The van der Waals surface area contributed by atoms with E-state index in [1.54, 1.807) is 11.3 Å². The Labute approximate surface area is 170 Å². The van der Waals surface area contributed by atoms with Gasteiger partial charge >= 0.3 is 0 Å². The molecule has 7 heteroatoms. The third-order valence-electron chi connectivity index (χ3n) is 4.63. The summed E-state index contributed by atoms with van der Waals surface area (Å²) in [6, 6.07) is 19.1. The topological polar surface area (TPSA) is 83.8 Å². The van der Waals surface area contributed by atoms with Crippen LogP contribution in [-0.4, -0.2) is 21.0 Å². The number of benzene rings is 2. The van der Waals surface area contributed by atoms with Crippen LogP contribution in [-0.2, 0) is 6.42 Å². The number of para-hydroxylation sites is 1. The van der Waals surface area contributed by atoms with Crippen LogP contribution < -0.4 is 5.32 Å². The molecule has 2 N–H and O–H groups in total. The van der Waals surface area contributed by atoms with Gasteiger partial charge in [0.1, 0.15) is 0 Å². The van der Waals surface area contributed by atoms with E-state index in [1.165, 1.54) is 0 Å². The van der Waals surface area contributed by atoms with Gasteiger partial charge in [-0.25, -0.2) is 0 Å². The minimum atomic E-state index is -0.162. The van der Waals surface area contributed by atoms with Gasteiger partial charge in [-0.15, -0.1) is 11.3 Å². The maximum absolute atomic E-state index is 12.8. The van der Waals surface area contributed by atoms with E-state index >= 15 is 0 Å². The molecule has 29 heavy (non-hydrogen) atoms. The zero-order valence-electron chi connectivity index (χ0n) is 15.3. The molecule has 3 aromatic heterocycles. The molecule has 0 radical (unpaired) electrons. The fourth-order valence-corrected chi connectivity index (χ4v) is 3.83. The standard InChI is InChI=1S/C22H16N4O2S/c27-22(16-7-8-17-15(12-16)9-10-23-17)24-18-5-2-1-4-14(18)13-20-25-21(26-28-20)19-6-3-11-29-19/h1-12,23H,13H2,(H,24,27). The molecule has 3 heterocycles. The Bertz CT molecular complexity index is 1290. The number of fused-ring (bicyclic) bond motifs is 1. The molecule has 142 valence electrons. The number of hydrogen-bond donors (Lipinski definition) is 2. The Balaban J connectivity index is 1.37. The number of thiophene rings is 1. The van der Waals surface area contributed by atoms with Gasteiger partial charge in [0, 0.05) is 28.4 Å². The lowest BCUT2D eigenvalue weighted by Gasteiger charge is -2.10. The summed E-state index contributed by atoms with van der Waals surface area (Å²) in [5.74, 6) is 0.922. The second kappa shape index (κ2) is 7.37. The van der Waals surface area contributed by atoms with E-state index in [1.807, 2.05) is 72.2 Å². The first kappa shape index (κ1) is 17.4. The summed E-state index contributed by atoms with van der Waals surface area (Å²) < 4.78 is 5.41. The summed E-state index contributed by atoms with van der Waals surface area (Å²) in [6.07, 6.45) is 2.29. The van der Waals surface area contributed by atoms with Gasteiger partial charge in [0.25, 0.3) is 5.91 Å². The lowest BCUT2D eigenvalue weighted by Crippen LogP contribution is -2.13. The van der Waals surface area contributed by atoms with Crippen molar-refractivity contribution in [3.8, 4) is 10.7 Å². The summed E-state index contributed by atoms with van der Waals surface area (Å²) >= 11 is 1.56. The number of nitrogens with zero attached hydrogens (tertiary/aromatic N) is 2. The highest BCUT2D eigenvalue weighted by Crippen LogP contribution is 2.24. The van der Waals surface area contributed by atoms with Gasteiger partial charge in [-0.1, -0.05) is 29.4 Å². The number of hydrogen-bond acceptors (Lipinski definition) is 5. The molecular formula is C22H16N4O2S. The predicted molar refractivity (Wildman–Crippen MR) is 113 cm³/mol. The van der Waals surface area contributed by atoms with Crippen molar-refractivity contribution < 1.29 is 9.32 Å². The molecule has 1 amide bonds. The van der Waals surface area contributed by atoms with Crippen LogP contribution in [0.4, 0.5) is 5.69 Å². The minimum Gasteiger partial charge on any atom is -0.361 e. The van der Waals surface area contributed by atoms with Crippen LogP contribution in [0.1, 0.15) is 21.8 Å². The predicted octanol–water partition coefficient (Wildman–Crippen LogP) is 5.12. The first-order chi connectivity index (χ1) is 14.3. The van der Waals surface area contributed by atoms with E-state index in [2.05, 4.69) is 20.4 Å². The molecule has 0 atom stereocenters. The van der Waals surface area contributed by atoms with Crippen LogP contribution >= 0.6 is 11.3 Å². The Morgan fingerprint density at radius 2 is 2.03 bits per heavy atom. The Kier molecular flexibility index (Phi) is 4.42. The monoisotopic (exact) mass is 400 g/mol. The molecule has 0 aliphatic carbocycles. The Hall–Kier alpha value is -3.71. The number of aromatic amines is 1. The smallest absolute Gasteiger partial charge is 0.255 e. The summed E-state index contributed by atoms with van der Waals surface area (Å²) in [4.78, 5) is 21.3. The number of anilines is 1. The number of carbonyl (C=O) groups excluding carboxylic acids is 1. The molecule has 0 aliphatic rings. The van der Waals surface area contributed by atoms with E-state index in [4.69, 9.17) is 4.52 Å². The van der Waals surface area contributed by atoms with Crippen molar-refractivity contribution in [2.45, 2.75) is 6.42 Å². The molecule has 6 nitrogen and oxygen atoms in total. The van der Waals surface area contributed by atoms with Crippen molar-refractivity contribution in [1.29, 1.82) is 0 Å². The van der Waals surface area contributed by atoms with Crippen LogP contribution in [0.5, 0.6) is 0 Å². The first-order valence-corrected chi connectivity index (χ1v) is 9.97. The highest BCUT2D eigenvalue weighted by molar-refractivity contribution is 7.13. The second-order valence-corrected chi connectivity index (χ2v) is 7.50. The van der Waals surface area contributed by atoms with Gasteiger partial charge < -0.3 is 14.8 Å². The third kappa shape index (κ3) is 3.55. The van der Waals surface area contributed by atoms with Gasteiger partial charge in [0.15, 0.2) is 0 Å². The van der Waals surface area contributed by atoms with E-state index in [9.17, 15) is 4.79 Å². The van der Waals surface area contributed by atoms with Crippen LogP contribution in [0, 0.1) is 0 Å². The van der Waals surface area contributed by atoms with Crippen molar-refractivity contribution in [1.82, 2.24) is 15.1 Å². The maximum Gasteiger partial charge on any atom is 0.255 e. The molecule has 0 aliphatic heterocycles. The molecule has 5 rings (SSSR count). The maximum atomic E-state index is 12.8. The number of aromatic nitrogens is 3. The SMILES string of the molecule is O=C(Nc1ccccc1Cc1nc(-c2cccs2)no1)c1ccc2[nH]ccc2c1. The van der Waals surface area contributed by atoms with Crippen LogP contribution in [0.2, 0.25) is 0 Å². The molecule has 0 spiro atoms. The molecule has 5 aromatic rings. The lowest BCUT2D eigenvalue weighted by atomic mass is 10.1. The lowest BCUT2D eigenvalue weighted by molar-refractivity contribution is 0.102. The zero-order chi connectivity index (χ0) is 19.6. The Morgan fingerprint density at radius 3 is 2.93 bits per heavy atom. The van der Waals surface area contributed by atoms with Crippen molar-refractivity contribution >= 4 is 33.8 Å². The van der Waals surface area contributed by atoms with Crippen LogP contribution in [0.15, 0.2) is 76.8 Å². The van der Waals surface area contributed by atoms with Crippen molar-refractivity contribution in [2.24, 2.45) is 0 Å².